The zero-order valence-electron chi connectivity index (χ0n) is 7.75. The number of hydrogen-bond acceptors (Lipinski definition) is 3. The number of carbonyl (C=O) groups is 1. The molecule has 72 valence electrons. The van der Waals surface area contributed by atoms with Crippen molar-refractivity contribution in [2.75, 3.05) is 33.4 Å². The van der Waals surface area contributed by atoms with Crippen LogP contribution in [0.3, 0.4) is 0 Å². The van der Waals surface area contributed by atoms with Crippen LogP contribution >= 0.6 is 0 Å². The Morgan fingerprint density at radius 1 is 1.50 bits per heavy atom. The molecule has 0 unspecified atom stereocenters. The van der Waals surface area contributed by atoms with Crippen LogP contribution in [0.1, 0.15) is 13.3 Å². The normalized spacial score (nSPS) is 9.92. The molecule has 0 aromatic heterocycles. The molecule has 0 aliphatic rings. The molecular formula is C8H17NO3. The molecule has 1 N–H and O–H groups in total. The molecule has 12 heavy (non-hydrogen) atoms. The highest BCUT2D eigenvalue weighted by molar-refractivity contribution is 5.73. The first-order valence-corrected chi connectivity index (χ1v) is 4.07. The molecule has 0 radical (unpaired) electrons. The van der Waals surface area contributed by atoms with E-state index in [-0.39, 0.29) is 12.5 Å². The lowest BCUT2D eigenvalue weighted by Gasteiger charge is -2.19. The van der Waals surface area contributed by atoms with Crippen molar-refractivity contribution < 1.29 is 14.6 Å². The summed E-state index contributed by atoms with van der Waals surface area (Å²) in [4.78, 5) is 12.5. The summed E-state index contributed by atoms with van der Waals surface area (Å²) in [5.74, 6) is 0.000142. The first-order chi connectivity index (χ1) is 5.72. The fourth-order valence-corrected chi connectivity index (χ4v) is 0.947. The van der Waals surface area contributed by atoms with Gasteiger partial charge in [-0.2, -0.15) is 0 Å². The maximum Gasteiger partial charge on any atom is 0.219 e. The van der Waals surface area contributed by atoms with E-state index in [1.807, 2.05) is 0 Å². The summed E-state index contributed by atoms with van der Waals surface area (Å²) in [6.07, 6.45) is 0.816. The minimum atomic E-state index is 0.000142. The van der Waals surface area contributed by atoms with Crippen molar-refractivity contribution in [1.82, 2.24) is 4.90 Å². The number of ether oxygens (including phenoxy) is 1. The third kappa shape index (κ3) is 5.09. The van der Waals surface area contributed by atoms with Crippen LogP contribution in [0.25, 0.3) is 0 Å². The molecule has 0 aliphatic heterocycles. The van der Waals surface area contributed by atoms with Crippen LogP contribution in [0, 0.1) is 0 Å². The smallest absolute Gasteiger partial charge is 0.219 e. The highest BCUT2D eigenvalue weighted by atomic mass is 16.5. The summed E-state index contributed by atoms with van der Waals surface area (Å²) in [6, 6.07) is 0. The largest absolute Gasteiger partial charge is 0.395 e. The van der Waals surface area contributed by atoms with Crippen molar-refractivity contribution in [3.8, 4) is 0 Å². The van der Waals surface area contributed by atoms with Crippen molar-refractivity contribution >= 4 is 5.91 Å². The molecule has 0 spiro atoms. The van der Waals surface area contributed by atoms with Gasteiger partial charge in [-0.3, -0.25) is 4.79 Å². The first kappa shape index (κ1) is 11.4. The lowest BCUT2D eigenvalue weighted by atomic mass is 10.4. The van der Waals surface area contributed by atoms with Crippen LogP contribution in [-0.4, -0.2) is 49.3 Å². The number of hydrogen-bond donors (Lipinski definition) is 1. The molecule has 0 atom stereocenters. The van der Waals surface area contributed by atoms with Crippen LogP contribution in [0.2, 0.25) is 0 Å². The molecular weight excluding hydrogens is 158 g/mol. The van der Waals surface area contributed by atoms with Crippen LogP contribution in [0.4, 0.5) is 0 Å². The molecule has 4 nitrogen and oxygen atoms in total. The summed E-state index contributed by atoms with van der Waals surface area (Å²) in [6.45, 7) is 3.24. The fourth-order valence-electron chi connectivity index (χ4n) is 0.947. The monoisotopic (exact) mass is 175 g/mol. The quantitative estimate of drug-likeness (QED) is 0.572. The summed E-state index contributed by atoms with van der Waals surface area (Å²) >= 11 is 0. The second-order valence-electron chi connectivity index (χ2n) is 2.58. The maximum absolute atomic E-state index is 10.9. The van der Waals surface area contributed by atoms with Gasteiger partial charge in [0.15, 0.2) is 0 Å². The third-order valence-corrected chi connectivity index (χ3v) is 1.59. The van der Waals surface area contributed by atoms with Gasteiger partial charge in [0.2, 0.25) is 5.91 Å². The Morgan fingerprint density at radius 2 is 2.17 bits per heavy atom. The molecule has 0 fully saturated rings. The van der Waals surface area contributed by atoms with Crippen molar-refractivity contribution in [1.29, 1.82) is 0 Å². The lowest BCUT2D eigenvalue weighted by molar-refractivity contribution is -0.129. The number of methoxy groups -OCH3 is 1. The fraction of sp³-hybridized carbons (Fsp3) is 0.875. The van der Waals surface area contributed by atoms with Crippen molar-refractivity contribution in [2.45, 2.75) is 13.3 Å². The Kier molecular flexibility index (Phi) is 6.70. The van der Waals surface area contributed by atoms with Crippen LogP contribution in [-0.2, 0) is 9.53 Å². The predicted molar refractivity (Wildman–Crippen MR) is 45.8 cm³/mol. The minimum Gasteiger partial charge on any atom is -0.395 e. The van der Waals surface area contributed by atoms with E-state index < -0.39 is 0 Å². The highest BCUT2D eigenvalue weighted by Gasteiger charge is 2.05. The van der Waals surface area contributed by atoms with Crippen LogP contribution < -0.4 is 0 Å². The zero-order chi connectivity index (χ0) is 9.40. The summed E-state index contributed by atoms with van der Waals surface area (Å²) in [7, 11) is 1.63. The number of aliphatic hydroxyl groups excluding tert-OH is 1. The zero-order valence-corrected chi connectivity index (χ0v) is 7.75. The van der Waals surface area contributed by atoms with E-state index in [4.69, 9.17) is 9.84 Å². The summed E-state index contributed by atoms with van der Waals surface area (Å²) in [5.41, 5.74) is 0. The van der Waals surface area contributed by atoms with Gasteiger partial charge in [0, 0.05) is 33.7 Å². The van der Waals surface area contributed by atoms with Crippen LogP contribution in [0.15, 0.2) is 0 Å². The number of amides is 1. The molecule has 0 heterocycles. The van der Waals surface area contributed by atoms with Crippen molar-refractivity contribution in [3.63, 3.8) is 0 Å². The van der Waals surface area contributed by atoms with Gasteiger partial charge in [0.1, 0.15) is 0 Å². The SMILES string of the molecule is COCCCN(CCO)C(C)=O. The molecule has 1 amide bonds. The van der Waals surface area contributed by atoms with E-state index >= 15 is 0 Å². The van der Waals surface area contributed by atoms with Gasteiger partial charge in [0.05, 0.1) is 6.61 Å². The van der Waals surface area contributed by atoms with Gasteiger partial charge in [-0.25, -0.2) is 0 Å². The van der Waals surface area contributed by atoms with Gasteiger partial charge >= 0.3 is 0 Å². The Labute approximate surface area is 73.1 Å². The van der Waals surface area contributed by atoms with Crippen molar-refractivity contribution in [2.24, 2.45) is 0 Å². The van der Waals surface area contributed by atoms with Gasteiger partial charge < -0.3 is 14.7 Å². The molecule has 0 aliphatic carbocycles. The first-order valence-electron chi connectivity index (χ1n) is 4.07. The van der Waals surface area contributed by atoms with Crippen LogP contribution in [0.5, 0.6) is 0 Å². The van der Waals surface area contributed by atoms with E-state index in [0.717, 1.165) is 6.42 Å². The standard InChI is InChI=1S/C8H17NO3/c1-8(11)9(5-6-10)4-3-7-12-2/h10H,3-7H2,1-2H3. The van der Waals surface area contributed by atoms with E-state index in [2.05, 4.69) is 0 Å². The Bertz CT molecular complexity index is 127. The Balaban J connectivity index is 3.56. The van der Waals surface area contributed by atoms with Gasteiger partial charge in [-0.05, 0) is 6.42 Å². The molecule has 4 heteroatoms. The van der Waals surface area contributed by atoms with Gasteiger partial charge in [-0.15, -0.1) is 0 Å². The maximum atomic E-state index is 10.9. The Morgan fingerprint density at radius 3 is 2.58 bits per heavy atom. The van der Waals surface area contributed by atoms with E-state index in [1.54, 1.807) is 12.0 Å². The molecule has 0 aromatic rings. The summed E-state index contributed by atoms with van der Waals surface area (Å²) < 4.78 is 4.85. The van der Waals surface area contributed by atoms with Gasteiger partial charge in [0.25, 0.3) is 0 Å². The predicted octanol–water partition coefficient (Wildman–Crippen LogP) is -0.136. The molecule has 0 aromatic carbocycles. The average molecular weight is 175 g/mol. The third-order valence-electron chi connectivity index (χ3n) is 1.59. The van der Waals surface area contributed by atoms with E-state index in [1.165, 1.54) is 6.92 Å². The summed E-state index contributed by atoms with van der Waals surface area (Å²) in [5, 5.41) is 8.62. The number of aliphatic hydroxyl groups is 1. The second kappa shape index (κ2) is 7.06. The molecule has 0 rings (SSSR count). The van der Waals surface area contributed by atoms with E-state index in [0.29, 0.717) is 19.7 Å². The second-order valence-corrected chi connectivity index (χ2v) is 2.58. The Hall–Kier alpha value is -0.610. The number of carbonyl (C=O) groups excluding carboxylic acids is 1. The topological polar surface area (TPSA) is 49.8 Å². The number of rotatable bonds is 6. The average Bonchev–Trinajstić information content (AvgIpc) is 2.03. The highest BCUT2D eigenvalue weighted by Crippen LogP contribution is 1.92. The number of nitrogens with zero attached hydrogens (tertiary/aromatic N) is 1. The molecule has 0 saturated carbocycles. The molecule has 0 bridgehead atoms. The van der Waals surface area contributed by atoms with Crippen molar-refractivity contribution in [3.05, 3.63) is 0 Å². The van der Waals surface area contributed by atoms with E-state index in [9.17, 15) is 4.79 Å². The lowest BCUT2D eigenvalue weighted by Crippen LogP contribution is -2.32. The van der Waals surface area contributed by atoms with Gasteiger partial charge in [-0.1, -0.05) is 0 Å². The molecule has 0 saturated heterocycles. The minimum absolute atomic E-state index is 0.000142.